The molecule has 4 atom stereocenters. The molecule has 0 aliphatic heterocycles. The highest BCUT2D eigenvalue weighted by atomic mass is 16.4. The van der Waals surface area contributed by atoms with E-state index in [9.17, 15) is 24.0 Å². The number of carbonyl (C=O) groups excluding carboxylic acids is 3. The first-order valence-electron chi connectivity index (χ1n) is 11.4. The third-order valence-corrected chi connectivity index (χ3v) is 5.23. The van der Waals surface area contributed by atoms with Crippen molar-refractivity contribution in [1.82, 2.24) is 16.0 Å². The summed E-state index contributed by atoms with van der Waals surface area (Å²) in [6, 6.07) is 4.38. The van der Waals surface area contributed by atoms with Crippen LogP contribution in [-0.4, -0.2) is 70.6 Å². The Hall–Kier alpha value is -3.51. The van der Waals surface area contributed by atoms with Gasteiger partial charge in [-0.3, -0.25) is 24.0 Å². The summed E-state index contributed by atoms with van der Waals surface area (Å²) in [5.74, 6) is -4.37. The second-order valence-electron chi connectivity index (χ2n) is 8.20. The Labute approximate surface area is 203 Å². The maximum atomic E-state index is 13.1. The molecule has 194 valence electrons. The molecule has 0 saturated heterocycles. The van der Waals surface area contributed by atoms with Gasteiger partial charge < -0.3 is 37.6 Å². The van der Waals surface area contributed by atoms with Crippen molar-refractivity contribution in [3.05, 3.63) is 35.9 Å². The van der Waals surface area contributed by atoms with Crippen molar-refractivity contribution in [3.63, 3.8) is 0 Å². The van der Waals surface area contributed by atoms with Crippen LogP contribution in [0.1, 0.15) is 44.6 Å². The Morgan fingerprint density at radius 2 is 1.46 bits per heavy atom. The summed E-state index contributed by atoms with van der Waals surface area (Å²) in [6.45, 7) is 1.68. The lowest BCUT2D eigenvalue weighted by Crippen LogP contribution is -2.57. The molecule has 12 heteroatoms. The van der Waals surface area contributed by atoms with E-state index in [0.29, 0.717) is 19.4 Å². The van der Waals surface area contributed by atoms with E-state index < -0.39 is 53.8 Å². The molecule has 0 heterocycles. The van der Waals surface area contributed by atoms with Crippen molar-refractivity contribution in [2.75, 3.05) is 6.54 Å². The topological polar surface area (TPSA) is 214 Å². The molecular formula is C23H35N5O7. The van der Waals surface area contributed by atoms with Crippen molar-refractivity contribution >= 4 is 29.7 Å². The summed E-state index contributed by atoms with van der Waals surface area (Å²) in [5, 5.41) is 25.4. The number of nitrogens with two attached hydrogens (primary N) is 2. The second kappa shape index (κ2) is 15.4. The molecule has 1 aromatic carbocycles. The lowest BCUT2D eigenvalue weighted by atomic mass is 10.0. The van der Waals surface area contributed by atoms with Gasteiger partial charge in [-0.05, 0) is 44.7 Å². The largest absolute Gasteiger partial charge is 0.481 e. The zero-order valence-corrected chi connectivity index (χ0v) is 19.7. The van der Waals surface area contributed by atoms with Gasteiger partial charge >= 0.3 is 11.9 Å². The molecule has 0 spiro atoms. The van der Waals surface area contributed by atoms with Crippen molar-refractivity contribution in [2.45, 2.75) is 69.6 Å². The fourth-order valence-electron chi connectivity index (χ4n) is 3.16. The molecule has 0 unspecified atom stereocenters. The minimum absolute atomic E-state index is 0.0896. The quantitative estimate of drug-likeness (QED) is 0.142. The highest BCUT2D eigenvalue weighted by Crippen LogP contribution is 2.07. The molecule has 0 aliphatic carbocycles. The third-order valence-electron chi connectivity index (χ3n) is 5.23. The van der Waals surface area contributed by atoms with Crippen molar-refractivity contribution in [3.8, 4) is 0 Å². The first kappa shape index (κ1) is 29.5. The van der Waals surface area contributed by atoms with E-state index in [1.165, 1.54) is 6.92 Å². The molecule has 1 rings (SSSR count). The molecule has 3 amide bonds. The van der Waals surface area contributed by atoms with Crippen LogP contribution in [0.4, 0.5) is 0 Å². The minimum atomic E-state index is -1.23. The van der Waals surface area contributed by atoms with E-state index in [2.05, 4.69) is 16.0 Å². The van der Waals surface area contributed by atoms with E-state index in [1.54, 1.807) is 30.3 Å². The minimum Gasteiger partial charge on any atom is -0.481 e. The average Bonchev–Trinajstić information content (AvgIpc) is 2.81. The maximum absolute atomic E-state index is 13.1. The normalized spacial score (nSPS) is 14.1. The zero-order chi connectivity index (χ0) is 26.4. The first-order chi connectivity index (χ1) is 16.5. The van der Waals surface area contributed by atoms with Crippen LogP contribution in [0.3, 0.4) is 0 Å². The lowest BCUT2D eigenvalue weighted by molar-refractivity contribution is -0.142. The fraction of sp³-hybridized carbons (Fsp3) is 0.522. The molecule has 12 nitrogen and oxygen atoms in total. The van der Waals surface area contributed by atoms with Crippen LogP contribution in [-0.2, 0) is 30.4 Å². The third kappa shape index (κ3) is 11.5. The van der Waals surface area contributed by atoms with E-state index in [0.717, 1.165) is 5.56 Å². The molecule has 0 radical (unpaired) electrons. The van der Waals surface area contributed by atoms with Gasteiger partial charge in [-0.1, -0.05) is 30.3 Å². The molecule has 9 N–H and O–H groups in total. The fourth-order valence-corrected chi connectivity index (χ4v) is 3.16. The van der Waals surface area contributed by atoms with Crippen molar-refractivity contribution in [2.24, 2.45) is 11.5 Å². The summed E-state index contributed by atoms with van der Waals surface area (Å²) < 4.78 is 0. The summed E-state index contributed by atoms with van der Waals surface area (Å²) in [4.78, 5) is 60.3. The number of rotatable bonds is 16. The van der Waals surface area contributed by atoms with E-state index in [-0.39, 0.29) is 25.7 Å². The second-order valence-corrected chi connectivity index (χ2v) is 8.20. The first-order valence-corrected chi connectivity index (χ1v) is 11.4. The predicted molar refractivity (Wildman–Crippen MR) is 127 cm³/mol. The molecule has 35 heavy (non-hydrogen) atoms. The van der Waals surface area contributed by atoms with Crippen LogP contribution in [0.5, 0.6) is 0 Å². The van der Waals surface area contributed by atoms with Crippen LogP contribution in [0, 0.1) is 0 Å². The molecule has 0 bridgehead atoms. The van der Waals surface area contributed by atoms with Gasteiger partial charge in [-0.25, -0.2) is 0 Å². The summed E-state index contributed by atoms with van der Waals surface area (Å²) in [7, 11) is 0. The Bertz CT molecular complexity index is 865. The Kier molecular flexibility index (Phi) is 13.0. The van der Waals surface area contributed by atoms with Gasteiger partial charge in [-0.15, -0.1) is 0 Å². The molecule has 0 aromatic heterocycles. The van der Waals surface area contributed by atoms with E-state index >= 15 is 0 Å². The van der Waals surface area contributed by atoms with Gasteiger partial charge in [0.05, 0.1) is 6.04 Å². The highest BCUT2D eigenvalue weighted by Gasteiger charge is 2.29. The number of carboxylic acid groups (broad SMARTS) is 2. The predicted octanol–water partition coefficient (Wildman–Crippen LogP) is -0.891. The maximum Gasteiger partial charge on any atom is 0.325 e. The van der Waals surface area contributed by atoms with E-state index in [1.807, 2.05) is 0 Å². The number of carboxylic acids is 2. The van der Waals surface area contributed by atoms with Gasteiger partial charge in [0, 0.05) is 12.8 Å². The van der Waals surface area contributed by atoms with Gasteiger partial charge in [0.2, 0.25) is 17.7 Å². The highest BCUT2D eigenvalue weighted by molar-refractivity contribution is 5.94. The van der Waals surface area contributed by atoms with Gasteiger partial charge in [0.15, 0.2) is 0 Å². The summed E-state index contributed by atoms with van der Waals surface area (Å²) in [6.07, 6.45) is 0.988. The average molecular weight is 494 g/mol. The standard InChI is InChI=1S/C23H35N5O7/c1-14(23(34)35)26-22(33)18(13-15-7-3-2-4-8-15)28-21(32)17(9-5-6-12-24)27-20(31)16(25)10-11-19(29)30/h2-4,7-8,14,16-18H,5-6,9-13,24-25H2,1H3,(H,26,33)(H,27,31)(H,28,32)(H,29,30)(H,34,35)/t14-,16-,17-,18-/m0/s1. The van der Waals surface area contributed by atoms with Crippen LogP contribution in [0.25, 0.3) is 0 Å². The molecular weight excluding hydrogens is 458 g/mol. The number of amides is 3. The molecule has 1 aromatic rings. The monoisotopic (exact) mass is 493 g/mol. The Morgan fingerprint density at radius 3 is 2.03 bits per heavy atom. The number of hydrogen-bond acceptors (Lipinski definition) is 7. The zero-order valence-electron chi connectivity index (χ0n) is 19.7. The van der Waals surface area contributed by atoms with Gasteiger partial charge in [-0.2, -0.15) is 0 Å². The molecule has 0 saturated carbocycles. The van der Waals surface area contributed by atoms with Gasteiger partial charge in [0.25, 0.3) is 0 Å². The van der Waals surface area contributed by atoms with E-state index in [4.69, 9.17) is 21.7 Å². The number of unbranched alkanes of at least 4 members (excludes halogenated alkanes) is 1. The van der Waals surface area contributed by atoms with Gasteiger partial charge in [0.1, 0.15) is 18.1 Å². The van der Waals surface area contributed by atoms with Crippen LogP contribution in [0.2, 0.25) is 0 Å². The lowest BCUT2D eigenvalue weighted by Gasteiger charge is -2.25. The molecule has 0 fully saturated rings. The number of aliphatic carboxylic acids is 2. The smallest absolute Gasteiger partial charge is 0.325 e. The Balaban J connectivity index is 3.01. The van der Waals surface area contributed by atoms with Crippen molar-refractivity contribution < 1.29 is 34.2 Å². The number of nitrogens with one attached hydrogen (secondary N) is 3. The summed E-state index contributed by atoms with van der Waals surface area (Å²) in [5.41, 5.74) is 12.0. The van der Waals surface area contributed by atoms with Crippen molar-refractivity contribution in [1.29, 1.82) is 0 Å². The van der Waals surface area contributed by atoms with Crippen LogP contribution < -0.4 is 27.4 Å². The molecule has 0 aliphatic rings. The summed E-state index contributed by atoms with van der Waals surface area (Å²) >= 11 is 0. The Morgan fingerprint density at radius 1 is 0.857 bits per heavy atom. The number of benzene rings is 1. The number of hydrogen-bond donors (Lipinski definition) is 7. The van der Waals surface area contributed by atoms with Crippen LogP contribution >= 0.6 is 0 Å². The SMILES string of the molecule is C[C@H](NC(=O)[C@H](Cc1ccccc1)NC(=O)[C@H](CCCCN)NC(=O)[C@@H](N)CCC(=O)O)C(=O)O. The number of carbonyl (C=O) groups is 5. The van der Waals surface area contributed by atoms with Crippen LogP contribution in [0.15, 0.2) is 30.3 Å².